The van der Waals surface area contributed by atoms with E-state index in [0.717, 1.165) is 23.3 Å². The zero-order valence-electron chi connectivity index (χ0n) is 14.7. The number of pyridine rings is 1. The van der Waals surface area contributed by atoms with E-state index in [-0.39, 0.29) is 11.9 Å². The number of anilines is 1. The second-order valence-electron chi connectivity index (χ2n) is 6.33. The van der Waals surface area contributed by atoms with Crippen LogP contribution in [0.15, 0.2) is 48.7 Å². The smallest absolute Gasteiger partial charge is 0.267 e. The number of carbonyl (C=O) groups is 1. The maximum atomic E-state index is 12.2. The second kappa shape index (κ2) is 7.17. The Hall–Kier alpha value is -2.86. The van der Waals surface area contributed by atoms with Gasteiger partial charge in [-0.2, -0.15) is 0 Å². The zero-order chi connectivity index (χ0) is 17.9. The van der Waals surface area contributed by atoms with Gasteiger partial charge in [0.05, 0.1) is 19.3 Å². The monoisotopic (exact) mass is 350 g/mol. The molecule has 3 heterocycles. The largest absolute Gasteiger partial charge is 0.377 e. The van der Waals surface area contributed by atoms with Crippen molar-refractivity contribution in [3.05, 3.63) is 59.9 Å². The molecule has 0 saturated carbocycles. The molecule has 6 nitrogen and oxygen atoms in total. The maximum Gasteiger partial charge on any atom is 0.267 e. The SMILES string of the molecule is CCNC(=O)c1cc2c(N3CCOCC3c3ccccc3)ccnc2[nH]1. The number of aromatic nitrogens is 2. The minimum absolute atomic E-state index is 0.113. The summed E-state index contributed by atoms with van der Waals surface area (Å²) in [6.45, 7) is 4.61. The molecule has 134 valence electrons. The van der Waals surface area contributed by atoms with E-state index in [0.29, 0.717) is 25.5 Å². The van der Waals surface area contributed by atoms with E-state index in [4.69, 9.17) is 4.74 Å². The number of ether oxygens (including phenoxy) is 1. The van der Waals surface area contributed by atoms with Crippen LogP contribution in [0.4, 0.5) is 5.69 Å². The van der Waals surface area contributed by atoms with Crippen molar-refractivity contribution in [2.75, 3.05) is 31.2 Å². The van der Waals surface area contributed by atoms with Crippen molar-refractivity contribution >= 4 is 22.6 Å². The number of rotatable bonds is 4. The van der Waals surface area contributed by atoms with Crippen LogP contribution in [0.2, 0.25) is 0 Å². The Kier molecular flexibility index (Phi) is 4.58. The number of fused-ring (bicyclic) bond motifs is 1. The fourth-order valence-corrected chi connectivity index (χ4v) is 3.48. The summed E-state index contributed by atoms with van der Waals surface area (Å²) in [4.78, 5) is 22.1. The normalized spacial score (nSPS) is 17.4. The van der Waals surface area contributed by atoms with Crippen LogP contribution in [0.3, 0.4) is 0 Å². The third-order valence-corrected chi connectivity index (χ3v) is 4.71. The summed E-state index contributed by atoms with van der Waals surface area (Å²) in [6, 6.07) is 14.4. The van der Waals surface area contributed by atoms with Crippen LogP contribution in [-0.2, 0) is 4.74 Å². The number of hydrogen-bond acceptors (Lipinski definition) is 4. The van der Waals surface area contributed by atoms with Gasteiger partial charge in [0.2, 0.25) is 0 Å². The highest BCUT2D eigenvalue weighted by molar-refractivity contribution is 6.00. The molecule has 2 aromatic heterocycles. The molecular weight excluding hydrogens is 328 g/mol. The molecule has 6 heteroatoms. The van der Waals surface area contributed by atoms with Crippen LogP contribution in [0.25, 0.3) is 11.0 Å². The number of nitrogens with zero attached hydrogens (tertiary/aromatic N) is 2. The Balaban J connectivity index is 1.75. The molecule has 4 rings (SSSR count). The van der Waals surface area contributed by atoms with Gasteiger partial charge < -0.3 is 19.9 Å². The lowest BCUT2D eigenvalue weighted by molar-refractivity contribution is 0.0942. The molecule has 1 aliphatic heterocycles. The molecule has 1 amide bonds. The highest BCUT2D eigenvalue weighted by Crippen LogP contribution is 2.34. The molecule has 0 bridgehead atoms. The highest BCUT2D eigenvalue weighted by Gasteiger charge is 2.26. The van der Waals surface area contributed by atoms with E-state index in [1.54, 1.807) is 6.20 Å². The molecule has 0 aliphatic carbocycles. The third kappa shape index (κ3) is 3.04. The number of amides is 1. The van der Waals surface area contributed by atoms with Gasteiger partial charge >= 0.3 is 0 Å². The Morgan fingerprint density at radius 2 is 2.19 bits per heavy atom. The van der Waals surface area contributed by atoms with E-state index >= 15 is 0 Å². The predicted octanol–water partition coefficient (Wildman–Crippen LogP) is 2.89. The minimum Gasteiger partial charge on any atom is -0.377 e. The second-order valence-corrected chi connectivity index (χ2v) is 6.33. The lowest BCUT2D eigenvalue weighted by Gasteiger charge is -2.38. The summed E-state index contributed by atoms with van der Waals surface area (Å²) in [7, 11) is 0. The summed E-state index contributed by atoms with van der Waals surface area (Å²) in [5, 5.41) is 3.78. The Morgan fingerprint density at radius 3 is 3.00 bits per heavy atom. The third-order valence-electron chi connectivity index (χ3n) is 4.71. The molecule has 1 fully saturated rings. The van der Waals surface area contributed by atoms with Gasteiger partial charge in [0.1, 0.15) is 11.3 Å². The summed E-state index contributed by atoms with van der Waals surface area (Å²) < 4.78 is 5.75. The Morgan fingerprint density at radius 1 is 1.35 bits per heavy atom. The number of hydrogen-bond donors (Lipinski definition) is 2. The van der Waals surface area contributed by atoms with Crippen molar-refractivity contribution in [3.8, 4) is 0 Å². The number of carbonyl (C=O) groups excluding carboxylic acids is 1. The lowest BCUT2D eigenvalue weighted by atomic mass is 10.0. The average molecular weight is 350 g/mol. The predicted molar refractivity (Wildman–Crippen MR) is 101 cm³/mol. The van der Waals surface area contributed by atoms with Crippen LogP contribution in [-0.4, -0.2) is 42.2 Å². The quantitative estimate of drug-likeness (QED) is 0.759. The summed E-state index contributed by atoms with van der Waals surface area (Å²) >= 11 is 0. The topological polar surface area (TPSA) is 70.2 Å². The van der Waals surface area contributed by atoms with Gasteiger partial charge in [-0.25, -0.2) is 4.98 Å². The van der Waals surface area contributed by atoms with E-state index < -0.39 is 0 Å². The standard InChI is InChI=1S/C20H22N4O2/c1-2-21-20(25)16-12-15-17(8-9-22-19(15)23-16)24-10-11-26-13-18(24)14-6-4-3-5-7-14/h3-9,12,18H,2,10-11,13H2,1H3,(H,21,25)(H,22,23). The number of aromatic amines is 1. The van der Waals surface area contributed by atoms with Crippen LogP contribution in [0.5, 0.6) is 0 Å². The van der Waals surface area contributed by atoms with Gasteiger partial charge in [-0.05, 0) is 24.6 Å². The van der Waals surface area contributed by atoms with Gasteiger partial charge in [-0.15, -0.1) is 0 Å². The first-order chi connectivity index (χ1) is 12.8. The molecule has 1 atom stereocenters. The minimum atomic E-state index is -0.113. The molecule has 3 aromatic rings. The summed E-state index contributed by atoms with van der Waals surface area (Å²) in [5.74, 6) is -0.113. The van der Waals surface area contributed by atoms with Crippen molar-refractivity contribution in [1.29, 1.82) is 0 Å². The van der Waals surface area contributed by atoms with Gasteiger partial charge in [-0.3, -0.25) is 4.79 Å². The lowest BCUT2D eigenvalue weighted by Crippen LogP contribution is -2.39. The first-order valence-electron chi connectivity index (χ1n) is 8.93. The Labute approximate surface area is 152 Å². The van der Waals surface area contributed by atoms with Crippen LogP contribution < -0.4 is 10.2 Å². The van der Waals surface area contributed by atoms with Gasteiger partial charge in [0.25, 0.3) is 5.91 Å². The number of nitrogens with one attached hydrogen (secondary N) is 2. The molecule has 1 unspecified atom stereocenters. The fraction of sp³-hybridized carbons (Fsp3) is 0.300. The van der Waals surface area contributed by atoms with Crippen LogP contribution >= 0.6 is 0 Å². The van der Waals surface area contributed by atoms with E-state index in [2.05, 4.69) is 32.3 Å². The zero-order valence-corrected chi connectivity index (χ0v) is 14.7. The molecule has 26 heavy (non-hydrogen) atoms. The van der Waals surface area contributed by atoms with Crippen molar-refractivity contribution in [1.82, 2.24) is 15.3 Å². The maximum absolute atomic E-state index is 12.2. The first-order valence-corrected chi connectivity index (χ1v) is 8.93. The van der Waals surface area contributed by atoms with Crippen LogP contribution in [0, 0.1) is 0 Å². The van der Waals surface area contributed by atoms with Crippen molar-refractivity contribution < 1.29 is 9.53 Å². The molecule has 1 aromatic carbocycles. The molecule has 2 N–H and O–H groups in total. The molecule has 1 aliphatic rings. The summed E-state index contributed by atoms with van der Waals surface area (Å²) in [5.41, 5.74) is 3.55. The number of morpholine rings is 1. The molecule has 0 spiro atoms. The molecular formula is C20H22N4O2. The van der Waals surface area contributed by atoms with Gasteiger partial charge in [-0.1, -0.05) is 30.3 Å². The number of benzene rings is 1. The van der Waals surface area contributed by atoms with Crippen molar-refractivity contribution in [2.24, 2.45) is 0 Å². The molecule has 1 saturated heterocycles. The van der Waals surface area contributed by atoms with Gasteiger partial charge in [0.15, 0.2) is 0 Å². The number of H-pyrrole nitrogens is 1. The van der Waals surface area contributed by atoms with Gasteiger partial charge in [0, 0.05) is 30.4 Å². The van der Waals surface area contributed by atoms with Crippen molar-refractivity contribution in [3.63, 3.8) is 0 Å². The van der Waals surface area contributed by atoms with E-state index in [9.17, 15) is 4.79 Å². The first kappa shape index (κ1) is 16.6. The highest BCUT2D eigenvalue weighted by atomic mass is 16.5. The Bertz CT molecular complexity index is 907. The summed E-state index contributed by atoms with van der Waals surface area (Å²) in [6.07, 6.45) is 1.78. The average Bonchev–Trinajstić information content (AvgIpc) is 3.13. The van der Waals surface area contributed by atoms with E-state index in [1.165, 1.54) is 5.56 Å². The van der Waals surface area contributed by atoms with Crippen molar-refractivity contribution in [2.45, 2.75) is 13.0 Å². The van der Waals surface area contributed by atoms with E-state index in [1.807, 2.05) is 37.3 Å². The fourth-order valence-electron chi connectivity index (χ4n) is 3.48. The molecule has 0 radical (unpaired) electrons. The van der Waals surface area contributed by atoms with Crippen LogP contribution in [0.1, 0.15) is 29.0 Å².